The second-order valence-corrected chi connectivity index (χ2v) is 12.5. The molecule has 0 saturated heterocycles. The smallest absolute Gasteiger partial charge is 0.306 e. The lowest BCUT2D eigenvalue weighted by Gasteiger charge is -2.62. The molecule has 4 saturated carbocycles. The van der Waals surface area contributed by atoms with E-state index in [-0.39, 0.29) is 41.8 Å². The fourth-order valence-electron chi connectivity index (χ4n) is 8.81. The van der Waals surface area contributed by atoms with E-state index in [0.717, 1.165) is 31.0 Å². The quantitative estimate of drug-likeness (QED) is 0.366. The third kappa shape index (κ3) is 4.06. The molecule has 10 atom stereocenters. The molecule has 4 fully saturated rings. The highest BCUT2D eigenvalue weighted by molar-refractivity contribution is 9.09. The van der Waals surface area contributed by atoms with Crippen molar-refractivity contribution in [2.24, 2.45) is 46.3 Å². The maximum absolute atomic E-state index is 12.1. The first-order valence-electron chi connectivity index (χ1n) is 12.8. The fraction of sp³-hybridized carbons (Fsp3) is 0.923. The van der Waals surface area contributed by atoms with E-state index in [0.29, 0.717) is 35.5 Å². The molecule has 4 rings (SSSR count). The van der Waals surface area contributed by atoms with E-state index in [1.165, 1.54) is 25.7 Å². The molecule has 182 valence electrons. The topological polar surface area (TPSA) is 83.8 Å². The fourth-order valence-corrected chi connectivity index (χ4v) is 9.26. The van der Waals surface area contributed by atoms with Crippen LogP contribution in [0.15, 0.2) is 0 Å². The van der Waals surface area contributed by atoms with Crippen molar-refractivity contribution in [1.82, 2.24) is 0 Å². The Labute approximate surface area is 201 Å². The van der Waals surface area contributed by atoms with Crippen LogP contribution in [-0.2, 0) is 14.3 Å². The summed E-state index contributed by atoms with van der Waals surface area (Å²) in [5, 5.41) is 21.3. The highest BCUT2D eigenvalue weighted by atomic mass is 79.9. The molecule has 0 heterocycles. The Morgan fingerprint density at radius 3 is 2.50 bits per heavy atom. The average Bonchev–Trinajstić information content (AvgIpc) is 3.11. The molecule has 0 aliphatic heterocycles. The molecule has 0 aromatic rings. The first-order chi connectivity index (χ1) is 15.1. The number of aliphatic hydroxyl groups is 1. The number of ether oxygens (including phenoxy) is 1. The Kier molecular flexibility index (Phi) is 7.05. The van der Waals surface area contributed by atoms with E-state index in [1.807, 2.05) is 0 Å². The number of hydrogen-bond acceptors (Lipinski definition) is 4. The average molecular weight is 514 g/mol. The molecular formula is C26H41BrO5. The molecule has 4 unspecified atom stereocenters. The number of carbonyl (C=O) groups is 2. The van der Waals surface area contributed by atoms with Gasteiger partial charge >= 0.3 is 11.9 Å². The van der Waals surface area contributed by atoms with Gasteiger partial charge in [0.15, 0.2) is 0 Å². The van der Waals surface area contributed by atoms with Gasteiger partial charge in [-0.2, -0.15) is 0 Å². The van der Waals surface area contributed by atoms with Gasteiger partial charge in [0.1, 0.15) is 6.10 Å². The number of carboxylic acid groups (broad SMARTS) is 1. The van der Waals surface area contributed by atoms with Crippen molar-refractivity contribution in [3.8, 4) is 0 Å². The number of aliphatic hydroxyl groups excluding tert-OH is 1. The number of halogens is 1. The number of esters is 1. The van der Waals surface area contributed by atoms with Crippen LogP contribution in [0.25, 0.3) is 0 Å². The molecule has 6 heteroatoms. The van der Waals surface area contributed by atoms with E-state index >= 15 is 0 Å². The summed E-state index contributed by atoms with van der Waals surface area (Å²) >= 11 is 3.70. The van der Waals surface area contributed by atoms with Crippen molar-refractivity contribution in [1.29, 1.82) is 0 Å². The molecule has 0 spiro atoms. The highest BCUT2D eigenvalue weighted by Crippen LogP contribution is 2.68. The van der Waals surface area contributed by atoms with Gasteiger partial charge in [-0.25, -0.2) is 0 Å². The summed E-state index contributed by atoms with van der Waals surface area (Å²) in [6, 6.07) is 0. The Bertz CT molecular complexity index is 727. The van der Waals surface area contributed by atoms with Crippen LogP contribution in [0.1, 0.15) is 85.0 Å². The van der Waals surface area contributed by atoms with Gasteiger partial charge in [0, 0.05) is 5.33 Å². The van der Waals surface area contributed by atoms with Gasteiger partial charge in [0.05, 0.1) is 18.9 Å². The summed E-state index contributed by atoms with van der Waals surface area (Å²) in [6.45, 7) is 7.17. The minimum absolute atomic E-state index is 0.0361. The maximum atomic E-state index is 12.1. The molecule has 32 heavy (non-hydrogen) atoms. The van der Waals surface area contributed by atoms with Gasteiger partial charge in [-0.3, -0.25) is 9.59 Å². The lowest BCUT2D eigenvalue weighted by atomic mass is 9.43. The predicted molar refractivity (Wildman–Crippen MR) is 126 cm³/mol. The van der Waals surface area contributed by atoms with Crippen LogP contribution >= 0.6 is 15.9 Å². The largest absolute Gasteiger partial charge is 0.481 e. The lowest BCUT2D eigenvalue weighted by molar-refractivity contribution is -0.181. The summed E-state index contributed by atoms with van der Waals surface area (Å²) in [6.07, 6.45) is 8.08. The standard InChI is InChI=1S/C26H41BrO5/c1-15(14-27)19-6-7-20-18-5-4-16-12-17(32-24(31)9-8-23(29)30)10-11-25(16,2)21(18)13-22(28)26(19,20)3/h15-22,28H,4-14H2,1-3H3,(H,29,30)/t15?,16-,17-,18?,19-,20?,21?,22+,25+,26-/m1/s1. The van der Waals surface area contributed by atoms with Crippen molar-refractivity contribution < 1.29 is 24.5 Å². The van der Waals surface area contributed by atoms with E-state index < -0.39 is 5.97 Å². The van der Waals surface area contributed by atoms with Gasteiger partial charge in [-0.1, -0.05) is 36.7 Å². The zero-order valence-corrected chi connectivity index (χ0v) is 21.5. The third-order valence-electron chi connectivity index (χ3n) is 10.6. The molecule has 0 amide bonds. The first kappa shape index (κ1) is 24.5. The van der Waals surface area contributed by atoms with Gasteiger partial charge in [0.25, 0.3) is 0 Å². The van der Waals surface area contributed by atoms with E-state index in [9.17, 15) is 14.7 Å². The van der Waals surface area contributed by atoms with Gasteiger partial charge < -0.3 is 14.9 Å². The van der Waals surface area contributed by atoms with E-state index in [1.54, 1.807) is 0 Å². The summed E-state index contributed by atoms with van der Waals surface area (Å²) < 4.78 is 5.67. The van der Waals surface area contributed by atoms with Crippen LogP contribution in [0, 0.1) is 46.3 Å². The van der Waals surface area contributed by atoms with Crippen LogP contribution in [0.4, 0.5) is 0 Å². The number of alkyl halides is 1. The van der Waals surface area contributed by atoms with Gasteiger partial charge in [-0.05, 0) is 97.7 Å². The van der Waals surface area contributed by atoms with Crippen molar-refractivity contribution in [3.05, 3.63) is 0 Å². The number of rotatable bonds is 6. The Hall–Kier alpha value is -0.620. The molecule has 0 bridgehead atoms. The molecule has 0 aromatic carbocycles. The molecule has 4 aliphatic rings. The summed E-state index contributed by atoms with van der Waals surface area (Å²) in [4.78, 5) is 22.8. The number of fused-ring (bicyclic) bond motifs is 5. The van der Waals surface area contributed by atoms with Crippen molar-refractivity contribution >= 4 is 27.9 Å². The first-order valence-corrected chi connectivity index (χ1v) is 13.9. The van der Waals surface area contributed by atoms with Crippen LogP contribution < -0.4 is 0 Å². The zero-order valence-electron chi connectivity index (χ0n) is 19.9. The number of aliphatic carboxylic acids is 1. The normalized spacial score (nSPS) is 46.5. The van der Waals surface area contributed by atoms with Crippen LogP contribution in [-0.4, -0.2) is 39.7 Å². The SMILES string of the molecule is CC(CBr)[C@H]1CCC2C3CC[C@@H]4C[C@H](OC(=O)CCC(=O)O)CC[C@]4(C)C3C[C@H](O)[C@@]21C. The maximum Gasteiger partial charge on any atom is 0.306 e. The summed E-state index contributed by atoms with van der Waals surface area (Å²) in [7, 11) is 0. The lowest BCUT2D eigenvalue weighted by Crippen LogP contribution is -2.59. The molecular weight excluding hydrogens is 472 g/mol. The molecule has 0 aromatic heterocycles. The Morgan fingerprint density at radius 2 is 1.81 bits per heavy atom. The van der Waals surface area contributed by atoms with Crippen molar-refractivity contribution in [2.45, 2.75) is 97.2 Å². The minimum Gasteiger partial charge on any atom is -0.481 e. The monoisotopic (exact) mass is 512 g/mol. The van der Waals surface area contributed by atoms with Crippen LogP contribution in [0.3, 0.4) is 0 Å². The number of carboxylic acids is 1. The van der Waals surface area contributed by atoms with Gasteiger partial charge in [0.2, 0.25) is 0 Å². The Morgan fingerprint density at radius 1 is 1.06 bits per heavy atom. The summed E-state index contributed by atoms with van der Waals surface area (Å²) in [5.41, 5.74) is 0.239. The second kappa shape index (κ2) is 9.20. The van der Waals surface area contributed by atoms with E-state index in [2.05, 4.69) is 36.7 Å². The van der Waals surface area contributed by atoms with Gasteiger partial charge in [-0.15, -0.1) is 0 Å². The Balaban J connectivity index is 1.45. The molecule has 5 nitrogen and oxygen atoms in total. The van der Waals surface area contributed by atoms with Crippen molar-refractivity contribution in [2.75, 3.05) is 5.33 Å². The number of carbonyl (C=O) groups excluding carboxylic acids is 1. The number of hydrogen-bond donors (Lipinski definition) is 2. The predicted octanol–water partition coefficient (Wildman–Crippen LogP) is 5.42. The van der Waals surface area contributed by atoms with Crippen molar-refractivity contribution in [3.63, 3.8) is 0 Å². The van der Waals surface area contributed by atoms with Crippen LogP contribution in [0.5, 0.6) is 0 Å². The molecule has 2 N–H and O–H groups in total. The second-order valence-electron chi connectivity index (χ2n) is 11.9. The van der Waals surface area contributed by atoms with E-state index in [4.69, 9.17) is 9.84 Å². The molecule has 0 radical (unpaired) electrons. The zero-order chi connectivity index (χ0) is 23.3. The summed E-state index contributed by atoms with van der Waals surface area (Å²) in [5.74, 6) is 2.24. The third-order valence-corrected chi connectivity index (χ3v) is 11.6. The van der Waals surface area contributed by atoms with Crippen LogP contribution in [0.2, 0.25) is 0 Å². The highest BCUT2D eigenvalue weighted by Gasteiger charge is 2.63. The molecule has 4 aliphatic carbocycles. The minimum atomic E-state index is -0.959.